The number of fused-ring (bicyclic) bond motifs is 1. The summed E-state index contributed by atoms with van der Waals surface area (Å²) in [6.45, 7) is 7.71. The first kappa shape index (κ1) is 28.4. The lowest BCUT2D eigenvalue weighted by Crippen LogP contribution is -2.40. The lowest BCUT2D eigenvalue weighted by Gasteiger charge is -2.31. The molecular weight excluding hydrogens is 472 g/mol. The topological polar surface area (TPSA) is 105 Å². The molecule has 2 aromatic heterocycles. The first-order valence-corrected chi connectivity index (χ1v) is 12.9. The predicted molar refractivity (Wildman–Crippen MR) is 142 cm³/mol. The Labute approximate surface area is 219 Å². The number of rotatable bonds is 10. The highest BCUT2D eigenvalue weighted by molar-refractivity contribution is 5.88. The highest BCUT2D eigenvalue weighted by Crippen LogP contribution is 2.28. The van der Waals surface area contributed by atoms with E-state index in [1.807, 2.05) is 27.8 Å². The second-order valence-electron chi connectivity index (χ2n) is 10.7. The average molecular weight is 513 g/mol. The molecule has 0 bridgehead atoms. The SMILES string of the molecule is COC(=O)C[C@H](CN(C)CCCCc1ccc2c(n1)N(C(=O)OC(C)(C)C)CCC2)c1cncc(O)c1. The minimum atomic E-state index is -0.550. The van der Waals surface area contributed by atoms with Crippen LogP contribution in [-0.2, 0) is 27.1 Å². The number of ether oxygens (including phenoxy) is 2. The highest BCUT2D eigenvalue weighted by atomic mass is 16.6. The van der Waals surface area contributed by atoms with Crippen molar-refractivity contribution >= 4 is 17.9 Å². The van der Waals surface area contributed by atoms with Crippen molar-refractivity contribution in [1.82, 2.24) is 14.9 Å². The number of nitrogens with zero attached hydrogens (tertiary/aromatic N) is 4. The molecule has 1 amide bonds. The zero-order valence-electron chi connectivity index (χ0n) is 22.7. The van der Waals surface area contributed by atoms with E-state index in [-0.39, 0.29) is 30.2 Å². The Morgan fingerprint density at radius 2 is 2.00 bits per heavy atom. The molecule has 3 heterocycles. The van der Waals surface area contributed by atoms with Gasteiger partial charge < -0.3 is 19.5 Å². The average Bonchev–Trinajstić information content (AvgIpc) is 2.84. The van der Waals surface area contributed by atoms with Gasteiger partial charge in [0.15, 0.2) is 0 Å². The molecule has 0 aromatic carbocycles. The third kappa shape index (κ3) is 8.70. The fourth-order valence-electron chi connectivity index (χ4n) is 4.51. The van der Waals surface area contributed by atoms with Crippen LogP contribution in [0.25, 0.3) is 0 Å². The summed E-state index contributed by atoms with van der Waals surface area (Å²) in [5, 5.41) is 9.81. The van der Waals surface area contributed by atoms with Crippen LogP contribution in [0.2, 0.25) is 0 Å². The van der Waals surface area contributed by atoms with Crippen LogP contribution >= 0.6 is 0 Å². The number of aromatic hydroxyl groups is 1. The summed E-state index contributed by atoms with van der Waals surface area (Å²) in [7, 11) is 3.40. The van der Waals surface area contributed by atoms with Crippen molar-refractivity contribution in [2.24, 2.45) is 0 Å². The monoisotopic (exact) mass is 512 g/mol. The Morgan fingerprint density at radius 1 is 1.22 bits per heavy atom. The number of aromatic nitrogens is 2. The minimum absolute atomic E-state index is 0.0813. The zero-order chi connectivity index (χ0) is 27.0. The number of carbonyl (C=O) groups excluding carboxylic acids is 2. The number of hydrogen-bond donors (Lipinski definition) is 1. The highest BCUT2D eigenvalue weighted by Gasteiger charge is 2.28. The molecular formula is C28H40N4O5. The Morgan fingerprint density at radius 3 is 2.70 bits per heavy atom. The fourth-order valence-corrected chi connectivity index (χ4v) is 4.51. The number of esters is 1. The number of pyridine rings is 2. The molecule has 2 aromatic rings. The molecule has 0 fully saturated rings. The molecule has 37 heavy (non-hydrogen) atoms. The maximum absolute atomic E-state index is 12.7. The number of anilines is 1. The third-order valence-electron chi connectivity index (χ3n) is 6.32. The van der Waals surface area contributed by atoms with Crippen LogP contribution in [-0.4, -0.2) is 71.4 Å². The summed E-state index contributed by atoms with van der Waals surface area (Å²) in [6, 6.07) is 5.79. The van der Waals surface area contributed by atoms with Crippen LogP contribution in [0.1, 0.15) is 69.2 Å². The van der Waals surface area contributed by atoms with Gasteiger partial charge in [-0.2, -0.15) is 0 Å². The third-order valence-corrected chi connectivity index (χ3v) is 6.32. The standard InChI is InChI=1S/C28H40N4O5/c1-28(2,3)37-27(35)32-14-8-9-20-11-12-23(30-26(20)32)10-6-7-13-31(4)19-22(16-25(34)36-5)21-15-24(33)18-29-17-21/h11-12,15,17-18,22,33H,6-10,13-14,16,19H2,1-5H3/t22-/m1/s1. The van der Waals surface area contributed by atoms with E-state index >= 15 is 0 Å². The number of carbonyl (C=O) groups is 2. The lowest BCUT2D eigenvalue weighted by atomic mass is 9.96. The summed E-state index contributed by atoms with van der Waals surface area (Å²) in [5.74, 6) is 0.386. The van der Waals surface area contributed by atoms with E-state index in [9.17, 15) is 14.7 Å². The molecule has 0 spiro atoms. The maximum atomic E-state index is 12.7. The normalized spacial score (nSPS) is 14.3. The molecule has 1 atom stereocenters. The van der Waals surface area contributed by atoms with E-state index in [4.69, 9.17) is 14.5 Å². The summed E-state index contributed by atoms with van der Waals surface area (Å²) in [4.78, 5) is 37.4. The van der Waals surface area contributed by atoms with E-state index in [0.29, 0.717) is 13.1 Å². The first-order valence-electron chi connectivity index (χ1n) is 12.9. The van der Waals surface area contributed by atoms with Gasteiger partial charge in [-0.25, -0.2) is 9.78 Å². The van der Waals surface area contributed by atoms with Crippen LogP contribution < -0.4 is 4.90 Å². The van der Waals surface area contributed by atoms with Crippen LogP contribution in [0.5, 0.6) is 5.75 Å². The van der Waals surface area contributed by atoms with Crippen LogP contribution in [0.15, 0.2) is 30.6 Å². The van der Waals surface area contributed by atoms with Crippen molar-refractivity contribution in [3.8, 4) is 5.75 Å². The van der Waals surface area contributed by atoms with Gasteiger partial charge in [0.1, 0.15) is 17.2 Å². The van der Waals surface area contributed by atoms with E-state index in [0.717, 1.165) is 61.3 Å². The van der Waals surface area contributed by atoms with E-state index < -0.39 is 5.60 Å². The molecule has 9 nitrogen and oxygen atoms in total. The van der Waals surface area contributed by atoms with Gasteiger partial charge in [-0.15, -0.1) is 0 Å². The van der Waals surface area contributed by atoms with Crippen LogP contribution in [0, 0.1) is 0 Å². The Kier molecular flexibility index (Phi) is 9.86. The summed E-state index contributed by atoms with van der Waals surface area (Å²) in [5.41, 5.74) is 2.31. The maximum Gasteiger partial charge on any atom is 0.416 e. The van der Waals surface area contributed by atoms with Gasteiger partial charge in [-0.1, -0.05) is 6.07 Å². The van der Waals surface area contributed by atoms with Crippen molar-refractivity contribution in [1.29, 1.82) is 0 Å². The molecule has 9 heteroatoms. The van der Waals surface area contributed by atoms with Crippen molar-refractivity contribution in [2.75, 3.05) is 38.7 Å². The Bertz CT molecular complexity index is 1070. The molecule has 202 valence electrons. The molecule has 1 aliphatic heterocycles. The first-order chi connectivity index (χ1) is 17.6. The van der Waals surface area contributed by atoms with Gasteiger partial charge in [-0.05, 0) is 89.7 Å². The number of amides is 1. The molecule has 3 rings (SSSR count). The van der Waals surface area contributed by atoms with Crippen LogP contribution in [0.3, 0.4) is 0 Å². The smallest absolute Gasteiger partial charge is 0.416 e. The van der Waals surface area contributed by atoms with E-state index in [2.05, 4.69) is 22.0 Å². The van der Waals surface area contributed by atoms with Crippen molar-refractivity contribution in [2.45, 2.75) is 70.8 Å². The van der Waals surface area contributed by atoms with Gasteiger partial charge in [0.05, 0.1) is 19.7 Å². The van der Waals surface area contributed by atoms with Gasteiger partial charge in [0, 0.05) is 30.9 Å². The molecule has 0 saturated heterocycles. The zero-order valence-corrected chi connectivity index (χ0v) is 22.7. The lowest BCUT2D eigenvalue weighted by molar-refractivity contribution is -0.141. The second-order valence-corrected chi connectivity index (χ2v) is 10.7. The van der Waals surface area contributed by atoms with E-state index in [1.165, 1.54) is 13.3 Å². The molecule has 0 radical (unpaired) electrons. The van der Waals surface area contributed by atoms with Crippen molar-refractivity contribution in [3.05, 3.63) is 47.4 Å². The van der Waals surface area contributed by atoms with Crippen molar-refractivity contribution < 1.29 is 24.2 Å². The Hall–Kier alpha value is -3.20. The van der Waals surface area contributed by atoms with Crippen LogP contribution in [0.4, 0.5) is 10.6 Å². The number of unbranched alkanes of at least 4 members (excludes halogenated alkanes) is 1. The molecule has 0 unspecified atom stereocenters. The van der Waals surface area contributed by atoms with E-state index in [1.54, 1.807) is 17.2 Å². The summed E-state index contributed by atoms with van der Waals surface area (Å²) in [6.07, 6.45) is 7.45. The van der Waals surface area contributed by atoms with Crippen molar-refractivity contribution in [3.63, 3.8) is 0 Å². The molecule has 1 aliphatic rings. The number of methoxy groups -OCH3 is 1. The Balaban J connectivity index is 1.54. The number of likely N-dealkylation sites (N-methyl/N-ethyl adjacent to an activating group) is 1. The largest absolute Gasteiger partial charge is 0.506 e. The molecule has 1 N–H and O–H groups in total. The quantitative estimate of drug-likeness (QED) is 0.367. The fraction of sp³-hybridized carbons (Fsp3) is 0.571. The minimum Gasteiger partial charge on any atom is -0.506 e. The van der Waals surface area contributed by atoms with Gasteiger partial charge in [-0.3, -0.25) is 14.7 Å². The van der Waals surface area contributed by atoms with Gasteiger partial charge >= 0.3 is 12.1 Å². The summed E-state index contributed by atoms with van der Waals surface area (Å²) < 4.78 is 10.5. The van der Waals surface area contributed by atoms with Gasteiger partial charge in [0.2, 0.25) is 0 Å². The number of hydrogen-bond acceptors (Lipinski definition) is 8. The second kappa shape index (κ2) is 12.9. The number of aryl methyl sites for hydroxylation is 2. The van der Waals surface area contributed by atoms with Gasteiger partial charge in [0.25, 0.3) is 0 Å². The summed E-state index contributed by atoms with van der Waals surface area (Å²) >= 11 is 0. The molecule has 0 aliphatic carbocycles. The molecule has 0 saturated carbocycles. The predicted octanol–water partition coefficient (Wildman–Crippen LogP) is 4.47.